The van der Waals surface area contributed by atoms with Crippen LogP contribution in [-0.4, -0.2) is 42.0 Å². The van der Waals surface area contributed by atoms with Gasteiger partial charge in [-0.1, -0.05) is 12.1 Å². The van der Waals surface area contributed by atoms with E-state index < -0.39 is 36.4 Å². The van der Waals surface area contributed by atoms with Crippen LogP contribution >= 0.6 is 0 Å². The summed E-state index contributed by atoms with van der Waals surface area (Å²) in [5.74, 6) is -1.58. The molecule has 1 fully saturated rings. The van der Waals surface area contributed by atoms with E-state index in [0.29, 0.717) is 10.5 Å². The molecule has 1 aromatic carbocycles. The van der Waals surface area contributed by atoms with Crippen molar-refractivity contribution < 1.29 is 27.2 Å². The summed E-state index contributed by atoms with van der Waals surface area (Å²) >= 11 is 0. The van der Waals surface area contributed by atoms with E-state index in [1.165, 1.54) is 18.2 Å². The fraction of sp³-hybridized carbons (Fsp3) is 0.429. The standard InChI is InChI=1S/C14H14F4N2O2/c15-10-3-1-2-9(4-10)5-12(21)19-11-6-13(22)20(7-11)8-14(16,17)18/h1-4,11H,5-8H2,(H,19,21)/t11-/m0/s1. The van der Waals surface area contributed by atoms with Crippen LogP contribution in [0.2, 0.25) is 0 Å². The van der Waals surface area contributed by atoms with E-state index >= 15 is 0 Å². The lowest BCUT2D eigenvalue weighted by atomic mass is 10.1. The molecule has 0 unspecified atom stereocenters. The van der Waals surface area contributed by atoms with E-state index in [0.717, 1.165) is 0 Å². The number of carbonyl (C=O) groups is 2. The molecule has 120 valence electrons. The Morgan fingerprint density at radius 3 is 2.73 bits per heavy atom. The van der Waals surface area contributed by atoms with Gasteiger partial charge in [0.25, 0.3) is 0 Å². The number of nitrogens with one attached hydrogen (secondary N) is 1. The van der Waals surface area contributed by atoms with Crippen LogP contribution in [0.3, 0.4) is 0 Å². The summed E-state index contributed by atoms with van der Waals surface area (Å²) in [6, 6.07) is 4.82. The lowest BCUT2D eigenvalue weighted by molar-refractivity contribution is -0.157. The largest absolute Gasteiger partial charge is 0.406 e. The second kappa shape index (κ2) is 6.33. The highest BCUT2D eigenvalue weighted by molar-refractivity contribution is 5.83. The van der Waals surface area contributed by atoms with Gasteiger partial charge in [0.1, 0.15) is 12.4 Å². The van der Waals surface area contributed by atoms with E-state index in [1.54, 1.807) is 6.07 Å². The van der Waals surface area contributed by atoms with E-state index in [1.807, 2.05) is 0 Å². The number of hydrogen-bond acceptors (Lipinski definition) is 2. The molecule has 4 nitrogen and oxygen atoms in total. The molecule has 0 bridgehead atoms. The molecule has 1 saturated heterocycles. The highest BCUT2D eigenvalue weighted by atomic mass is 19.4. The predicted molar refractivity (Wildman–Crippen MR) is 69.3 cm³/mol. The quantitative estimate of drug-likeness (QED) is 0.858. The van der Waals surface area contributed by atoms with Gasteiger partial charge >= 0.3 is 6.18 Å². The molecule has 1 heterocycles. The molecule has 1 aromatic rings. The molecule has 0 spiro atoms. The third-order valence-electron chi connectivity index (χ3n) is 3.20. The van der Waals surface area contributed by atoms with E-state index in [4.69, 9.17) is 0 Å². The number of hydrogen-bond donors (Lipinski definition) is 1. The van der Waals surface area contributed by atoms with Crippen LogP contribution in [0.5, 0.6) is 0 Å². The van der Waals surface area contributed by atoms with E-state index in [-0.39, 0.29) is 19.4 Å². The molecule has 1 aliphatic rings. The Labute approximate surface area is 124 Å². The third kappa shape index (κ3) is 4.71. The first-order valence-corrected chi connectivity index (χ1v) is 6.61. The molecule has 22 heavy (non-hydrogen) atoms. The number of carbonyl (C=O) groups excluding carboxylic acids is 2. The Balaban J connectivity index is 1.86. The molecule has 0 aliphatic carbocycles. The van der Waals surface area contributed by atoms with Gasteiger partial charge in [-0.2, -0.15) is 13.2 Å². The minimum atomic E-state index is -4.46. The number of nitrogens with zero attached hydrogens (tertiary/aromatic N) is 1. The smallest absolute Gasteiger partial charge is 0.351 e. The van der Waals surface area contributed by atoms with Crippen molar-refractivity contribution in [2.45, 2.75) is 25.1 Å². The average molecular weight is 318 g/mol. The predicted octanol–water partition coefficient (Wildman–Crippen LogP) is 1.65. The van der Waals surface area contributed by atoms with Gasteiger partial charge in [0.05, 0.1) is 12.5 Å². The number of likely N-dealkylation sites (tertiary alicyclic amines) is 1. The van der Waals surface area contributed by atoms with Crippen molar-refractivity contribution in [1.82, 2.24) is 10.2 Å². The summed E-state index contributed by atoms with van der Waals surface area (Å²) in [6.07, 6.45) is -4.72. The second-order valence-electron chi connectivity index (χ2n) is 5.16. The lowest BCUT2D eigenvalue weighted by Crippen LogP contribution is -2.40. The molecule has 2 amide bonds. The Hall–Kier alpha value is -2.12. The van der Waals surface area contributed by atoms with E-state index in [2.05, 4.69) is 5.32 Å². The Kier molecular flexibility index (Phi) is 4.68. The van der Waals surface area contributed by atoms with Crippen molar-refractivity contribution in [2.24, 2.45) is 0 Å². The normalized spacial score (nSPS) is 18.6. The molecular formula is C14H14F4N2O2. The topological polar surface area (TPSA) is 49.4 Å². The Bertz CT molecular complexity index is 574. The minimum Gasteiger partial charge on any atom is -0.351 e. The van der Waals surface area contributed by atoms with Crippen LogP contribution < -0.4 is 5.32 Å². The van der Waals surface area contributed by atoms with Crippen LogP contribution in [0, 0.1) is 5.82 Å². The second-order valence-corrected chi connectivity index (χ2v) is 5.16. The van der Waals surface area contributed by atoms with Crippen molar-refractivity contribution >= 4 is 11.8 Å². The number of rotatable bonds is 4. The van der Waals surface area contributed by atoms with Gasteiger partial charge in [-0.3, -0.25) is 9.59 Å². The zero-order valence-corrected chi connectivity index (χ0v) is 11.5. The molecule has 0 aromatic heterocycles. The molecule has 1 atom stereocenters. The zero-order valence-electron chi connectivity index (χ0n) is 11.5. The highest BCUT2D eigenvalue weighted by Gasteiger charge is 2.38. The number of halogens is 4. The molecule has 1 N–H and O–H groups in total. The first kappa shape index (κ1) is 16.3. The van der Waals surface area contributed by atoms with Gasteiger partial charge in [-0.15, -0.1) is 0 Å². The summed E-state index contributed by atoms with van der Waals surface area (Å²) in [5, 5.41) is 2.50. The molecule has 8 heteroatoms. The van der Waals surface area contributed by atoms with Crippen molar-refractivity contribution in [1.29, 1.82) is 0 Å². The number of amides is 2. The van der Waals surface area contributed by atoms with Crippen molar-refractivity contribution in [3.63, 3.8) is 0 Å². The van der Waals surface area contributed by atoms with Crippen molar-refractivity contribution in [3.8, 4) is 0 Å². The zero-order chi connectivity index (χ0) is 16.3. The monoisotopic (exact) mass is 318 g/mol. The van der Waals surface area contributed by atoms with Crippen LogP contribution in [0.25, 0.3) is 0 Å². The maximum atomic E-state index is 13.0. The van der Waals surface area contributed by atoms with Gasteiger partial charge < -0.3 is 10.2 Å². The molecule has 0 saturated carbocycles. The molecule has 2 rings (SSSR count). The van der Waals surface area contributed by atoms with E-state index in [9.17, 15) is 27.2 Å². The lowest BCUT2D eigenvalue weighted by Gasteiger charge is -2.18. The highest BCUT2D eigenvalue weighted by Crippen LogP contribution is 2.20. The molecular weight excluding hydrogens is 304 g/mol. The summed E-state index contributed by atoms with van der Waals surface area (Å²) in [4.78, 5) is 23.9. The van der Waals surface area contributed by atoms with Crippen LogP contribution in [0.15, 0.2) is 24.3 Å². The number of benzene rings is 1. The van der Waals surface area contributed by atoms with Gasteiger partial charge in [0.15, 0.2) is 0 Å². The van der Waals surface area contributed by atoms with Crippen LogP contribution in [-0.2, 0) is 16.0 Å². The summed E-state index contributed by atoms with van der Waals surface area (Å²) in [7, 11) is 0. The summed E-state index contributed by atoms with van der Waals surface area (Å²) in [6.45, 7) is -1.49. The molecule has 1 aliphatic heterocycles. The summed E-state index contributed by atoms with van der Waals surface area (Å²) < 4.78 is 49.8. The average Bonchev–Trinajstić information content (AvgIpc) is 2.66. The maximum absolute atomic E-state index is 13.0. The Morgan fingerprint density at radius 2 is 2.09 bits per heavy atom. The van der Waals surface area contributed by atoms with Crippen LogP contribution in [0.4, 0.5) is 17.6 Å². The SMILES string of the molecule is O=C(Cc1cccc(F)c1)N[C@H]1CC(=O)N(CC(F)(F)F)C1. The number of alkyl halides is 3. The fourth-order valence-corrected chi connectivity index (χ4v) is 2.35. The van der Waals surface area contributed by atoms with Gasteiger partial charge in [-0.05, 0) is 17.7 Å². The Morgan fingerprint density at radius 1 is 1.36 bits per heavy atom. The van der Waals surface area contributed by atoms with Gasteiger partial charge in [0.2, 0.25) is 11.8 Å². The molecule has 0 radical (unpaired) electrons. The van der Waals surface area contributed by atoms with Crippen molar-refractivity contribution in [2.75, 3.05) is 13.1 Å². The minimum absolute atomic E-state index is 0.0955. The first-order chi connectivity index (χ1) is 10.2. The van der Waals surface area contributed by atoms with Gasteiger partial charge in [0, 0.05) is 13.0 Å². The summed E-state index contributed by atoms with van der Waals surface area (Å²) in [5.41, 5.74) is 0.453. The fourth-order valence-electron chi connectivity index (χ4n) is 2.35. The maximum Gasteiger partial charge on any atom is 0.406 e. The van der Waals surface area contributed by atoms with Crippen LogP contribution in [0.1, 0.15) is 12.0 Å². The first-order valence-electron chi connectivity index (χ1n) is 6.61. The van der Waals surface area contributed by atoms with Crippen molar-refractivity contribution in [3.05, 3.63) is 35.6 Å². The van der Waals surface area contributed by atoms with Gasteiger partial charge in [-0.25, -0.2) is 4.39 Å². The third-order valence-corrected chi connectivity index (χ3v) is 3.20.